The van der Waals surface area contributed by atoms with Gasteiger partial charge in [0.25, 0.3) is 0 Å². The normalized spacial score (nSPS) is 11.9. The molecule has 12 rings (SSSR count). The van der Waals surface area contributed by atoms with Gasteiger partial charge < -0.3 is 13.6 Å². The van der Waals surface area contributed by atoms with Crippen LogP contribution in [0.25, 0.3) is 111 Å². The van der Waals surface area contributed by atoms with E-state index < -0.39 is 0 Å². The summed E-state index contributed by atoms with van der Waals surface area (Å²) in [5.74, 6) is 0.690. The Balaban J connectivity index is 1.22. The molecule has 0 fully saturated rings. The summed E-state index contributed by atoms with van der Waals surface area (Å²) in [6.45, 7) is 0. The van der Waals surface area contributed by atoms with Crippen LogP contribution in [-0.4, -0.2) is 19.1 Å². The summed E-state index contributed by atoms with van der Waals surface area (Å²) in [5, 5.41) is 6.84. The lowest BCUT2D eigenvalue weighted by Crippen LogP contribution is -2.00. The molecule has 0 N–H and O–H groups in total. The molecule has 266 valence electrons. The van der Waals surface area contributed by atoms with Gasteiger partial charge >= 0.3 is 0 Å². The molecule has 5 nitrogen and oxygen atoms in total. The number of benzene rings is 8. The minimum absolute atomic E-state index is 0.690. The molecule has 0 unspecified atom stereocenters. The Morgan fingerprint density at radius 2 is 0.877 bits per heavy atom. The van der Waals surface area contributed by atoms with Gasteiger partial charge in [0, 0.05) is 55.0 Å². The maximum absolute atomic E-state index is 6.96. The molecule has 0 radical (unpaired) electrons. The predicted octanol–water partition coefficient (Wildman–Crippen LogP) is 13.6. The van der Waals surface area contributed by atoms with E-state index in [0.717, 1.165) is 94.2 Å². The Bertz CT molecular complexity index is 3450. The standard InChI is InChI=1S/C52H32N4O/c1-4-17-33(18-5-1)41-32-42(54-52(53-41)34-19-6-2-7-20-34)35-21-16-24-37(31-35)56-44-29-14-11-26-39(44)48-50(56)49-46(47-40-27-12-15-30-45(40)57-51(47)48)38-25-10-13-28-43(38)55(49)36-22-8-3-9-23-36/h1-32H. The summed E-state index contributed by atoms with van der Waals surface area (Å²) in [6, 6.07) is 68.1. The van der Waals surface area contributed by atoms with Crippen molar-refractivity contribution < 1.29 is 4.42 Å². The first-order valence-electron chi connectivity index (χ1n) is 19.3. The summed E-state index contributed by atoms with van der Waals surface area (Å²) in [5.41, 5.74) is 13.1. The van der Waals surface area contributed by atoms with Gasteiger partial charge in [-0.15, -0.1) is 0 Å². The lowest BCUT2D eigenvalue weighted by molar-refractivity contribution is 0.673. The van der Waals surface area contributed by atoms with Crippen molar-refractivity contribution in [1.29, 1.82) is 0 Å². The van der Waals surface area contributed by atoms with E-state index in [1.165, 1.54) is 10.8 Å². The van der Waals surface area contributed by atoms with Crippen molar-refractivity contribution in [3.05, 3.63) is 194 Å². The molecule has 0 saturated heterocycles. The van der Waals surface area contributed by atoms with Crippen LogP contribution in [0.3, 0.4) is 0 Å². The maximum atomic E-state index is 6.96. The SMILES string of the molecule is c1ccc(-c2cc(-c3cccc(-n4c5ccccc5c5c6oc7ccccc7c6c6c7ccccc7n(-c7ccccc7)c6c54)c3)nc(-c3ccccc3)n2)cc1. The largest absolute Gasteiger partial charge is 0.455 e. The lowest BCUT2D eigenvalue weighted by atomic mass is 10.0. The fourth-order valence-corrected chi connectivity index (χ4v) is 8.87. The fourth-order valence-electron chi connectivity index (χ4n) is 8.87. The van der Waals surface area contributed by atoms with Gasteiger partial charge in [-0.2, -0.15) is 0 Å². The highest BCUT2D eigenvalue weighted by Crippen LogP contribution is 2.49. The molecule has 0 amide bonds. The van der Waals surface area contributed by atoms with Gasteiger partial charge in [-0.1, -0.05) is 146 Å². The molecule has 0 atom stereocenters. The van der Waals surface area contributed by atoms with Crippen molar-refractivity contribution in [3.63, 3.8) is 0 Å². The summed E-state index contributed by atoms with van der Waals surface area (Å²) in [7, 11) is 0. The van der Waals surface area contributed by atoms with Crippen molar-refractivity contribution in [3.8, 4) is 45.3 Å². The Kier molecular flexibility index (Phi) is 6.86. The summed E-state index contributed by atoms with van der Waals surface area (Å²) in [4.78, 5) is 10.3. The van der Waals surface area contributed by atoms with Gasteiger partial charge in [0.2, 0.25) is 0 Å². The lowest BCUT2D eigenvalue weighted by Gasteiger charge is -2.14. The first-order valence-corrected chi connectivity index (χ1v) is 19.3. The second kappa shape index (κ2) is 12.4. The van der Waals surface area contributed by atoms with E-state index in [1.54, 1.807) is 0 Å². The highest BCUT2D eigenvalue weighted by atomic mass is 16.3. The number of rotatable bonds is 5. The van der Waals surface area contributed by atoms with Crippen molar-refractivity contribution in [1.82, 2.24) is 19.1 Å². The van der Waals surface area contributed by atoms with Crippen LogP contribution in [-0.2, 0) is 0 Å². The van der Waals surface area contributed by atoms with E-state index in [0.29, 0.717) is 5.82 Å². The van der Waals surface area contributed by atoms with Crippen LogP contribution in [0.15, 0.2) is 199 Å². The smallest absolute Gasteiger partial charge is 0.160 e. The molecule has 0 aliphatic heterocycles. The van der Waals surface area contributed by atoms with Gasteiger partial charge in [-0.25, -0.2) is 9.97 Å². The number of fused-ring (bicyclic) bond motifs is 12. The number of hydrogen-bond donors (Lipinski definition) is 0. The second-order valence-corrected chi connectivity index (χ2v) is 14.5. The van der Waals surface area contributed by atoms with Crippen molar-refractivity contribution >= 4 is 65.6 Å². The molecule has 4 heterocycles. The third kappa shape index (κ3) is 4.76. The van der Waals surface area contributed by atoms with Gasteiger partial charge in [0.15, 0.2) is 5.82 Å². The summed E-state index contributed by atoms with van der Waals surface area (Å²) < 4.78 is 11.8. The van der Waals surface area contributed by atoms with E-state index in [4.69, 9.17) is 14.4 Å². The van der Waals surface area contributed by atoms with Crippen LogP contribution in [0.4, 0.5) is 0 Å². The second-order valence-electron chi connectivity index (χ2n) is 14.5. The van der Waals surface area contributed by atoms with Crippen molar-refractivity contribution in [2.75, 3.05) is 0 Å². The zero-order chi connectivity index (χ0) is 37.5. The molecule has 8 aromatic carbocycles. The van der Waals surface area contributed by atoms with E-state index in [2.05, 4.69) is 179 Å². The van der Waals surface area contributed by atoms with Gasteiger partial charge in [0.1, 0.15) is 11.2 Å². The topological polar surface area (TPSA) is 48.8 Å². The first-order chi connectivity index (χ1) is 28.3. The fraction of sp³-hybridized carbons (Fsp3) is 0. The molecule has 12 aromatic rings. The molecule has 57 heavy (non-hydrogen) atoms. The highest BCUT2D eigenvalue weighted by Gasteiger charge is 2.27. The number of aromatic nitrogens is 4. The van der Waals surface area contributed by atoms with E-state index >= 15 is 0 Å². The Morgan fingerprint density at radius 3 is 1.60 bits per heavy atom. The van der Waals surface area contributed by atoms with E-state index in [-0.39, 0.29) is 0 Å². The number of hydrogen-bond acceptors (Lipinski definition) is 3. The number of nitrogens with zero attached hydrogens (tertiary/aromatic N) is 4. The molecule has 0 saturated carbocycles. The number of para-hydroxylation sites is 4. The van der Waals surface area contributed by atoms with Crippen LogP contribution in [0.1, 0.15) is 0 Å². The van der Waals surface area contributed by atoms with Crippen molar-refractivity contribution in [2.45, 2.75) is 0 Å². The van der Waals surface area contributed by atoms with Gasteiger partial charge in [0.05, 0.1) is 38.8 Å². The van der Waals surface area contributed by atoms with E-state index in [9.17, 15) is 0 Å². The average Bonchev–Trinajstić information content (AvgIpc) is 3.95. The summed E-state index contributed by atoms with van der Waals surface area (Å²) in [6.07, 6.45) is 0. The molecule has 4 aromatic heterocycles. The molecule has 0 spiro atoms. The van der Waals surface area contributed by atoms with Crippen LogP contribution in [0.2, 0.25) is 0 Å². The highest BCUT2D eigenvalue weighted by molar-refractivity contribution is 6.39. The van der Waals surface area contributed by atoms with Crippen LogP contribution >= 0.6 is 0 Å². The number of furan rings is 1. The van der Waals surface area contributed by atoms with Crippen LogP contribution < -0.4 is 0 Å². The zero-order valence-corrected chi connectivity index (χ0v) is 30.7. The molecular weight excluding hydrogens is 697 g/mol. The molecular formula is C52H32N4O. The van der Waals surface area contributed by atoms with Crippen molar-refractivity contribution in [2.24, 2.45) is 0 Å². The third-order valence-electron chi connectivity index (χ3n) is 11.3. The molecule has 5 heteroatoms. The minimum atomic E-state index is 0.690. The van der Waals surface area contributed by atoms with Crippen LogP contribution in [0.5, 0.6) is 0 Å². The average molecular weight is 729 g/mol. The van der Waals surface area contributed by atoms with Gasteiger partial charge in [-0.05, 0) is 48.5 Å². The third-order valence-corrected chi connectivity index (χ3v) is 11.3. The van der Waals surface area contributed by atoms with Gasteiger partial charge in [-0.3, -0.25) is 0 Å². The Hall–Kier alpha value is -7.76. The van der Waals surface area contributed by atoms with E-state index in [1.807, 2.05) is 24.3 Å². The summed E-state index contributed by atoms with van der Waals surface area (Å²) >= 11 is 0. The zero-order valence-electron chi connectivity index (χ0n) is 30.7. The molecule has 0 bridgehead atoms. The quantitative estimate of drug-likeness (QED) is 0.177. The van der Waals surface area contributed by atoms with Crippen LogP contribution in [0, 0.1) is 0 Å². The Morgan fingerprint density at radius 1 is 0.368 bits per heavy atom. The first kappa shape index (κ1) is 31.6. The Labute approximate surface area is 327 Å². The molecule has 0 aliphatic carbocycles. The monoisotopic (exact) mass is 728 g/mol. The maximum Gasteiger partial charge on any atom is 0.160 e. The predicted molar refractivity (Wildman–Crippen MR) is 234 cm³/mol. The minimum Gasteiger partial charge on any atom is -0.455 e. The molecule has 0 aliphatic rings.